The van der Waals surface area contributed by atoms with Crippen molar-refractivity contribution < 1.29 is 33.9 Å². The molecule has 0 saturated heterocycles. The maximum atomic E-state index is 12.6. The summed E-state index contributed by atoms with van der Waals surface area (Å²) in [5, 5.41) is 15.9. The number of hydrogen-bond acceptors (Lipinski definition) is 7. The predicted octanol–water partition coefficient (Wildman–Crippen LogP) is -3.52. The molecule has 32 heavy (non-hydrogen) atoms. The van der Waals surface area contributed by atoms with Crippen LogP contribution in [0, 0.1) is 0 Å². The zero-order valence-electron chi connectivity index (χ0n) is 17.1. The molecule has 1 aromatic carbocycles. The van der Waals surface area contributed by atoms with Crippen LogP contribution in [-0.2, 0) is 35.2 Å². The van der Waals surface area contributed by atoms with Crippen LogP contribution in [0.25, 0.3) is 0 Å². The summed E-state index contributed by atoms with van der Waals surface area (Å²) in [6, 6.07) is 4.49. The Labute approximate surface area is 183 Å². The van der Waals surface area contributed by atoms with Crippen molar-refractivity contribution >= 4 is 35.5 Å². The second-order valence-electron chi connectivity index (χ2n) is 6.87. The highest BCUT2D eigenvalue weighted by atomic mass is 16.4. The van der Waals surface area contributed by atoms with E-state index in [9.17, 15) is 33.9 Å². The second-order valence-corrected chi connectivity index (χ2v) is 6.87. The van der Waals surface area contributed by atoms with E-state index in [2.05, 4.69) is 16.0 Å². The zero-order valence-corrected chi connectivity index (χ0v) is 17.1. The fourth-order valence-electron chi connectivity index (χ4n) is 2.59. The number of nitrogens with one attached hydrogen (secondary N) is 3. The number of rotatable bonds is 13. The summed E-state index contributed by atoms with van der Waals surface area (Å²) >= 11 is 0. The van der Waals surface area contributed by atoms with Gasteiger partial charge in [-0.15, -0.1) is 0 Å². The van der Waals surface area contributed by atoms with Gasteiger partial charge in [-0.05, 0) is 5.56 Å². The number of carbonyl (C=O) groups is 6. The molecule has 0 aliphatic rings. The van der Waals surface area contributed by atoms with Crippen molar-refractivity contribution in [3.63, 3.8) is 0 Å². The van der Waals surface area contributed by atoms with Gasteiger partial charge in [0.05, 0.1) is 25.4 Å². The molecule has 13 nitrogen and oxygen atoms in total. The minimum atomic E-state index is -1.58. The molecule has 0 bridgehead atoms. The van der Waals surface area contributed by atoms with Gasteiger partial charge in [0.1, 0.15) is 12.1 Å². The van der Waals surface area contributed by atoms with Crippen LogP contribution in [0.4, 0.5) is 0 Å². The molecule has 0 aromatic heterocycles. The van der Waals surface area contributed by atoms with Gasteiger partial charge in [-0.25, -0.2) is 4.79 Å². The lowest BCUT2D eigenvalue weighted by Crippen LogP contribution is -2.55. The fourth-order valence-corrected chi connectivity index (χ4v) is 2.59. The van der Waals surface area contributed by atoms with Gasteiger partial charge >= 0.3 is 5.97 Å². The van der Waals surface area contributed by atoms with Gasteiger partial charge in [0.25, 0.3) is 0 Å². The predicted molar refractivity (Wildman–Crippen MR) is 110 cm³/mol. The topological polar surface area (TPSA) is 237 Å². The highest BCUT2D eigenvalue weighted by Gasteiger charge is 2.28. The first-order chi connectivity index (χ1) is 15.0. The van der Waals surface area contributed by atoms with Crippen molar-refractivity contribution in [2.45, 2.75) is 37.4 Å². The first kappa shape index (κ1) is 26.0. The lowest BCUT2D eigenvalue weighted by atomic mass is 10.0. The van der Waals surface area contributed by atoms with Crippen LogP contribution in [0.15, 0.2) is 30.3 Å². The fraction of sp³-hybridized carbons (Fsp3) is 0.368. The third-order valence-corrected chi connectivity index (χ3v) is 4.14. The number of nitrogens with two attached hydrogens (primary N) is 3. The number of aliphatic carboxylic acids is 1. The maximum Gasteiger partial charge on any atom is 0.326 e. The number of carboxylic acids is 1. The Morgan fingerprint density at radius 3 is 1.97 bits per heavy atom. The van der Waals surface area contributed by atoms with Crippen LogP contribution in [-0.4, -0.2) is 65.3 Å². The lowest BCUT2D eigenvalue weighted by Gasteiger charge is -2.21. The summed E-state index contributed by atoms with van der Waals surface area (Å²) in [4.78, 5) is 69.9. The van der Waals surface area contributed by atoms with Gasteiger partial charge in [0.15, 0.2) is 0 Å². The largest absolute Gasteiger partial charge is 0.480 e. The van der Waals surface area contributed by atoms with Crippen LogP contribution >= 0.6 is 0 Å². The normalized spacial score (nSPS) is 13.2. The lowest BCUT2D eigenvalue weighted by molar-refractivity contribution is -0.143. The zero-order chi connectivity index (χ0) is 24.3. The van der Waals surface area contributed by atoms with Crippen LogP contribution in [0.3, 0.4) is 0 Å². The van der Waals surface area contributed by atoms with E-state index in [0.29, 0.717) is 5.56 Å². The first-order valence-corrected chi connectivity index (χ1v) is 9.46. The molecular formula is C19H26N6O7. The Balaban J connectivity index is 2.84. The molecular weight excluding hydrogens is 424 g/mol. The van der Waals surface area contributed by atoms with Crippen LogP contribution < -0.4 is 33.2 Å². The quantitative estimate of drug-likeness (QED) is 0.158. The molecule has 1 rings (SSSR count). The van der Waals surface area contributed by atoms with E-state index < -0.39 is 73.0 Å². The number of amides is 5. The summed E-state index contributed by atoms with van der Waals surface area (Å²) in [6.45, 7) is -0.562. The first-order valence-electron chi connectivity index (χ1n) is 9.46. The summed E-state index contributed by atoms with van der Waals surface area (Å²) in [6.07, 6.45) is -1.06. The van der Waals surface area contributed by atoms with Gasteiger partial charge < -0.3 is 38.3 Å². The Bertz CT molecular complexity index is 861. The Morgan fingerprint density at radius 2 is 1.44 bits per heavy atom. The van der Waals surface area contributed by atoms with Gasteiger partial charge in [0, 0.05) is 6.42 Å². The van der Waals surface area contributed by atoms with Gasteiger partial charge in [-0.3, -0.25) is 24.0 Å². The third kappa shape index (κ3) is 9.67. The van der Waals surface area contributed by atoms with E-state index in [1.165, 1.54) is 0 Å². The Morgan fingerprint density at radius 1 is 0.844 bits per heavy atom. The molecule has 0 fully saturated rings. The van der Waals surface area contributed by atoms with Gasteiger partial charge in [-0.2, -0.15) is 0 Å². The van der Waals surface area contributed by atoms with Crippen LogP contribution in [0.1, 0.15) is 18.4 Å². The number of carbonyl (C=O) groups excluding carboxylic acids is 5. The van der Waals surface area contributed by atoms with Crippen molar-refractivity contribution in [3.05, 3.63) is 35.9 Å². The number of carboxylic acid groups (broad SMARTS) is 1. The summed E-state index contributed by atoms with van der Waals surface area (Å²) < 4.78 is 0. The molecule has 0 spiro atoms. The number of hydrogen-bond donors (Lipinski definition) is 7. The van der Waals surface area contributed by atoms with Crippen molar-refractivity contribution in [2.24, 2.45) is 17.2 Å². The second kappa shape index (κ2) is 12.6. The number of benzene rings is 1. The van der Waals surface area contributed by atoms with Crippen LogP contribution in [0.5, 0.6) is 0 Å². The molecule has 0 aliphatic carbocycles. The van der Waals surface area contributed by atoms with Gasteiger partial charge in [-0.1, -0.05) is 30.3 Å². The molecule has 1 aromatic rings. The van der Waals surface area contributed by atoms with Gasteiger partial charge in [0.2, 0.25) is 29.5 Å². The summed E-state index contributed by atoms with van der Waals surface area (Å²) in [7, 11) is 0. The van der Waals surface area contributed by atoms with Crippen molar-refractivity contribution in [1.82, 2.24) is 16.0 Å². The standard InChI is InChI=1S/C19H26N6O7/c20-11(7-14(21)26)17(29)23-9-16(28)24-12(6-10-4-2-1-3-5-10)18(30)25-13(19(31)32)8-15(22)27/h1-5,11-13H,6-9,20H2,(H2,21,26)(H2,22,27)(H,23,29)(H,24,28)(H,25,30)(H,31,32). The summed E-state index contributed by atoms with van der Waals surface area (Å²) in [5.41, 5.74) is 16.1. The molecule has 0 heterocycles. The summed E-state index contributed by atoms with van der Waals surface area (Å²) in [5.74, 6) is -5.64. The third-order valence-electron chi connectivity index (χ3n) is 4.14. The molecule has 0 aliphatic heterocycles. The molecule has 0 radical (unpaired) electrons. The highest BCUT2D eigenvalue weighted by Crippen LogP contribution is 2.05. The smallest absolute Gasteiger partial charge is 0.326 e. The average molecular weight is 450 g/mol. The maximum absolute atomic E-state index is 12.6. The minimum absolute atomic E-state index is 0.00351. The van der Waals surface area contributed by atoms with E-state index in [1.54, 1.807) is 30.3 Å². The van der Waals surface area contributed by atoms with Crippen molar-refractivity contribution in [3.8, 4) is 0 Å². The molecule has 13 heteroatoms. The van der Waals surface area contributed by atoms with Crippen LogP contribution in [0.2, 0.25) is 0 Å². The van der Waals surface area contributed by atoms with E-state index in [1.807, 2.05) is 0 Å². The van der Waals surface area contributed by atoms with Crippen molar-refractivity contribution in [2.75, 3.05) is 6.54 Å². The SMILES string of the molecule is NC(=O)CC(N)C(=O)NCC(=O)NC(Cc1ccccc1)C(=O)NC(CC(N)=O)C(=O)O. The average Bonchev–Trinajstić information content (AvgIpc) is 2.70. The Hall–Kier alpha value is -4.00. The van der Waals surface area contributed by atoms with Crippen molar-refractivity contribution in [1.29, 1.82) is 0 Å². The highest BCUT2D eigenvalue weighted by molar-refractivity contribution is 5.94. The number of primary amides is 2. The molecule has 174 valence electrons. The molecule has 10 N–H and O–H groups in total. The van der Waals surface area contributed by atoms with E-state index in [0.717, 1.165) is 0 Å². The molecule has 3 unspecified atom stereocenters. The monoisotopic (exact) mass is 450 g/mol. The Kier molecular flexibility index (Phi) is 10.3. The molecule has 3 atom stereocenters. The van der Waals surface area contributed by atoms with E-state index in [-0.39, 0.29) is 6.42 Å². The van der Waals surface area contributed by atoms with E-state index in [4.69, 9.17) is 17.2 Å². The molecule has 5 amide bonds. The van der Waals surface area contributed by atoms with E-state index >= 15 is 0 Å². The molecule has 0 saturated carbocycles. The minimum Gasteiger partial charge on any atom is -0.480 e.